The fourth-order valence-electron chi connectivity index (χ4n) is 4.24. The summed E-state index contributed by atoms with van der Waals surface area (Å²) in [5.41, 5.74) is -0.979. The Labute approximate surface area is 156 Å². The molecule has 0 saturated heterocycles. The Balaban J connectivity index is 1.90. The van der Waals surface area contributed by atoms with Crippen LogP contribution >= 0.6 is 34.8 Å². The molecule has 2 fully saturated rings. The van der Waals surface area contributed by atoms with Gasteiger partial charge in [-0.05, 0) is 36.3 Å². The van der Waals surface area contributed by atoms with Gasteiger partial charge in [0.2, 0.25) is 10.0 Å². The van der Waals surface area contributed by atoms with Crippen molar-refractivity contribution >= 4 is 56.3 Å². The van der Waals surface area contributed by atoms with Crippen LogP contribution in [0.3, 0.4) is 0 Å². The molecule has 4 nitrogen and oxygen atoms in total. The molecule has 132 valence electrons. The SMILES string of the molecule is CC1(C)[C@H]2CC[C@@]1(CS(=O)(=O)Nc1cc(Cl)c(Cl)cc1Cl)C(=O)C2. The maximum absolute atomic E-state index is 12.7. The molecule has 0 aromatic heterocycles. The molecule has 2 bridgehead atoms. The van der Waals surface area contributed by atoms with Crippen LogP contribution < -0.4 is 4.72 Å². The van der Waals surface area contributed by atoms with Crippen molar-refractivity contribution in [3.63, 3.8) is 0 Å². The molecule has 2 aliphatic rings. The molecule has 0 radical (unpaired) electrons. The summed E-state index contributed by atoms with van der Waals surface area (Å²) in [5, 5.41) is 0.607. The fourth-order valence-corrected chi connectivity index (χ4v) is 6.79. The molecule has 1 aromatic carbocycles. The predicted molar refractivity (Wildman–Crippen MR) is 97.4 cm³/mol. The first kappa shape index (κ1) is 18.3. The zero-order chi connectivity index (χ0) is 17.9. The number of ketones is 1. The van der Waals surface area contributed by atoms with Crippen molar-refractivity contribution in [2.75, 3.05) is 10.5 Å². The van der Waals surface area contributed by atoms with Crippen LogP contribution in [0.4, 0.5) is 5.69 Å². The number of anilines is 1. The number of carbonyl (C=O) groups excluding carboxylic acids is 1. The van der Waals surface area contributed by atoms with Crippen LogP contribution in [0.5, 0.6) is 0 Å². The molecule has 3 rings (SSSR count). The van der Waals surface area contributed by atoms with E-state index in [1.165, 1.54) is 12.1 Å². The Kier molecular flexibility index (Phi) is 4.40. The third-order valence-corrected chi connectivity index (χ3v) is 8.29. The second-order valence-corrected chi connectivity index (χ2v) is 10.2. The average Bonchev–Trinajstić information content (AvgIpc) is 2.78. The van der Waals surface area contributed by atoms with Crippen molar-refractivity contribution in [2.24, 2.45) is 16.7 Å². The summed E-state index contributed by atoms with van der Waals surface area (Å²) in [5.74, 6) is 0.0713. The van der Waals surface area contributed by atoms with Crippen molar-refractivity contribution in [3.05, 3.63) is 27.2 Å². The zero-order valence-corrected chi connectivity index (χ0v) is 16.4. The normalized spacial score (nSPS) is 28.4. The van der Waals surface area contributed by atoms with Crippen molar-refractivity contribution in [1.29, 1.82) is 0 Å². The van der Waals surface area contributed by atoms with Crippen LogP contribution in [0.1, 0.15) is 33.1 Å². The molecule has 0 aliphatic heterocycles. The molecule has 2 atom stereocenters. The van der Waals surface area contributed by atoms with Gasteiger partial charge in [0.25, 0.3) is 0 Å². The van der Waals surface area contributed by atoms with E-state index in [1.54, 1.807) is 0 Å². The molecule has 24 heavy (non-hydrogen) atoms. The number of benzene rings is 1. The first-order valence-corrected chi connectivity index (χ1v) is 10.5. The molecule has 0 heterocycles. The molecule has 2 aliphatic carbocycles. The number of hydrogen-bond donors (Lipinski definition) is 1. The summed E-state index contributed by atoms with van der Waals surface area (Å²) in [6.07, 6.45) is 1.97. The summed E-state index contributed by atoms with van der Waals surface area (Å²) < 4.78 is 27.9. The lowest BCUT2D eigenvalue weighted by Gasteiger charge is -2.36. The molecule has 1 aromatic rings. The lowest BCUT2D eigenvalue weighted by atomic mass is 9.70. The van der Waals surface area contributed by atoms with Gasteiger partial charge >= 0.3 is 0 Å². The third kappa shape index (κ3) is 2.74. The Morgan fingerprint density at radius 3 is 2.33 bits per heavy atom. The van der Waals surface area contributed by atoms with Gasteiger partial charge in [-0.25, -0.2) is 8.42 Å². The van der Waals surface area contributed by atoms with Gasteiger partial charge in [-0.15, -0.1) is 0 Å². The summed E-state index contributed by atoms with van der Waals surface area (Å²) >= 11 is 17.8. The van der Waals surface area contributed by atoms with Gasteiger partial charge in [0.1, 0.15) is 5.78 Å². The highest BCUT2D eigenvalue weighted by Crippen LogP contribution is 2.64. The number of carbonyl (C=O) groups is 1. The standard InChI is InChI=1S/C16H18Cl3NO3S/c1-15(2)9-3-4-16(15,14(21)5-9)8-24(22,23)20-13-7-11(18)10(17)6-12(13)19/h6-7,9,20H,3-5,8H2,1-2H3/t9-,16+/m0/s1. The van der Waals surface area contributed by atoms with Crippen LogP contribution in [-0.4, -0.2) is 20.0 Å². The summed E-state index contributed by atoms with van der Waals surface area (Å²) in [7, 11) is -3.77. The Morgan fingerprint density at radius 1 is 1.17 bits per heavy atom. The minimum absolute atomic E-state index is 0.0503. The highest BCUT2D eigenvalue weighted by atomic mass is 35.5. The Morgan fingerprint density at radius 2 is 1.79 bits per heavy atom. The van der Waals surface area contributed by atoms with E-state index in [4.69, 9.17) is 34.8 Å². The molecular formula is C16H18Cl3NO3S. The van der Waals surface area contributed by atoms with Crippen molar-refractivity contribution in [3.8, 4) is 0 Å². The van der Waals surface area contributed by atoms with Gasteiger partial charge in [0, 0.05) is 6.42 Å². The highest BCUT2D eigenvalue weighted by molar-refractivity contribution is 7.92. The lowest BCUT2D eigenvalue weighted by molar-refractivity contribution is -0.128. The van der Waals surface area contributed by atoms with Crippen molar-refractivity contribution < 1.29 is 13.2 Å². The van der Waals surface area contributed by atoms with Crippen molar-refractivity contribution in [2.45, 2.75) is 33.1 Å². The van der Waals surface area contributed by atoms with Gasteiger partial charge in [-0.1, -0.05) is 48.7 Å². The van der Waals surface area contributed by atoms with Gasteiger partial charge in [0.05, 0.1) is 31.9 Å². The topological polar surface area (TPSA) is 63.2 Å². The van der Waals surface area contributed by atoms with Crippen LogP contribution in [0.15, 0.2) is 12.1 Å². The lowest BCUT2D eigenvalue weighted by Crippen LogP contribution is -2.43. The molecular weight excluding hydrogens is 393 g/mol. The first-order chi connectivity index (χ1) is 11.0. The molecule has 0 amide bonds. The number of rotatable bonds is 4. The minimum Gasteiger partial charge on any atom is -0.299 e. The predicted octanol–water partition coefficient (Wildman–Crippen LogP) is 4.78. The zero-order valence-electron chi connectivity index (χ0n) is 13.3. The first-order valence-electron chi connectivity index (χ1n) is 7.67. The van der Waals surface area contributed by atoms with Gasteiger partial charge in [-0.2, -0.15) is 0 Å². The van der Waals surface area contributed by atoms with Gasteiger partial charge in [0.15, 0.2) is 0 Å². The maximum atomic E-state index is 12.7. The van der Waals surface area contributed by atoms with Crippen LogP contribution in [0.2, 0.25) is 15.1 Å². The van der Waals surface area contributed by atoms with E-state index >= 15 is 0 Å². The molecule has 0 unspecified atom stereocenters. The van der Waals surface area contributed by atoms with Gasteiger partial charge < -0.3 is 0 Å². The molecule has 2 saturated carbocycles. The second kappa shape index (κ2) is 5.76. The number of Topliss-reactive ketones (excluding diaryl/α,β-unsaturated/α-hetero) is 1. The second-order valence-electron chi connectivity index (χ2n) is 7.27. The number of sulfonamides is 1. The smallest absolute Gasteiger partial charge is 0.233 e. The van der Waals surface area contributed by atoms with E-state index in [-0.39, 0.29) is 43.6 Å². The number of hydrogen-bond acceptors (Lipinski definition) is 3. The van der Waals surface area contributed by atoms with E-state index < -0.39 is 15.4 Å². The van der Waals surface area contributed by atoms with Crippen LogP contribution in [0, 0.1) is 16.7 Å². The summed E-state index contributed by atoms with van der Waals surface area (Å²) in [6, 6.07) is 2.76. The van der Waals surface area contributed by atoms with Crippen molar-refractivity contribution in [1.82, 2.24) is 0 Å². The highest BCUT2D eigenvalue weighted by Gasteiger charge is 2.65. The number of nitrogens with one attached hydrogen (secondary N) is 1. The summed E-state index contributed by atoms with van der Waals surface area (Å²) in [4.78, 5) is 12.5. The van der Waals surface area contributed by atoms with Gasteiger partial charge in [-0.3, -0.25) is 9.52 Å². The number of halogens is 3. The molecule has 8 heteroatoms. The quantitative estimate of drug-likeness (QED) is 0.726. The van der Waals surface area contributed by atoms with Crippen LogP contribution in [-0.2, 0) is 14.8 Å². The monoisotopic (exact) mass is 409 g/mol. The number of fused-ring (bicyclic) bond motifs is 2. The summed E-state index contributed by atoms with van der Waals surface area (Å²) in [6.45, 7) is 3.99. The van der Waals surface area contributed by atoms with E-state index in [2.05, 4.69) is 4.72 Å². The Hall–Kier alpha value is -0.490. The third-order valence-electron chi connectivity index (χ3n) is 5.85. The Bertz CT molecular complexity index is 822. The van der Waals surface area contributed by atoms with E-state index in [1.807, 2.05) is 13.8 Å². The van der Waals surface area contributed by atoms with E-state index in [9.17, 15) is 13.2 Å². The van der Waals surface area contributed by atoms with E-state index in [0.29, 0.717) is 12.8 Å². The molecule has 1 N–H and O–H groups in total. The molecule has 0 spiro atoms. The largest absolute Gasteiger partial charge is 0.299 e. The fraction of sp³-hybridized carbons (Fsp3) is 0.562. The van der Waals surface area contributed by atoms with Crippen LogP contribution in [0.25, 0.3) is 0 Å². The van der Waals surface area contributed by atoms with E-state index in [0.717, 1.165) is 6.42 Å². The minimum atomic E-state index is -3.77. The average molecular weight is 411 g/mol. The maximum Gasteiger partial charge on any atom is 0.233 e.